The van der Waals surface area contributed by atoms with Gasteiger partial charge in [0.15, 0.2) is 0 Å². The lowest BCUT2D eigenvalue weighted by Crippen LogP contribution is -2.39. The fourth-order valence-corrected chi connectivity index (χ4v) is 1.67. The van der Waals surface area contributed by atoms with Crippen molar-refractivity contribution in [2.75, 3.05) is 38.2 Å². The lowest BCUT2D eigenvalue weighted by Gasteiger charge is -2.22. The number of halogens is 3. The Morgan fingerprint density at radius 2 is 1.92 bits per heavy atom. The van der Waals surface area contributed by atoms with Gasteiger partial charge in [-0.25, -0.2) is 4.79 Å². The van der Waals surface area contributed by atoms with Crippen molar-refractivity contribution in [1.29, 1.82) is 0 Å². The summed E-state index contributed by atoms with van der Waals surface area (Å²) >= 11 is 0. The molecule has 0 fully saturated rings. The monoisotopic (exact) mass is 351 g/mol. The van der Waals surface area contributed by atoms with Crippen molar-refractivity contribution in [3.05, 3.63) is 34.4 Å². The van der Waals surface area contributed by atoms with Crippen LogP contribution in [0.3, 0.4) is 0 Å². The molecule has 1 aromatic carbocycles. The van der Waals surface area contributed by atoms with Gasteiger partial charge in [-0.2, -0.15) is 13.2 Å². The van der Waals surface area contributed by atoms with Crippen LogP contribution in [0.2, 0.25) is 0 Å². The van der Waals surface area contributed by atoms with Crippen LogP contribution in [0.25, 0.3) is 0 Å². The Bertz CT molecular complexity index is 551. The molecule has 0 spiro atoms. The number of non-ortho nitro benzene ring substituents is 1. The number of rotatable bonds is 8. The number of ether oxygens (including phenoxy) is 1. The number of anilines is 1. The third kappa shape index (κ3) is 7.24. The number of amides is 2. The Morgan fingerprint density at radius 3 is 2.42 bits per heavy atom. The molecule has 1 aromatic rings. The van der Waals surface area contributed by atoms with Gasteiger partial charge in [0.05, 0.1) is 18.1 Å². The highest BCUT2D eigenvalue weighted by Gasteiger charge is 2.27. The summed E-state index contributed by atoms with van der Waals surface area (Å²) in [6.07, 6.45) is -4.46. The highest BCUT2D eigenvalue weighted by atomic mass is 19.4. The zero-order valence-electron chi connectivity index (χ0n) is 12.5. The molecule has 11 heteroatoms. The zero-order valence-corrected chi connectivity index (χ0v) is 12.5. The molecule has 0 atom stereocenters. The van der Waals surface area contributed by atoms with E-state index in [2.05, 4.69) is 10.1 Å². The number of hydrogen-bond donors (Lipinski definition) is 2. The van der Waals surface area contributed by atoms with Crippen molar-refractivity contribution in [3.8, 4) is 0 Å². The molecular formula is C13H16F3N3O5. The molecule has 134 valence electrons. The van der Waals surface area contributed by atoms with Gasteiger partial charge in [0.25, 0.3) is 5.69 Å². The van der Waals surface area contributed by atoms with E-state index in [1.165, 1.54) is 24.3 Å². The normalized spacial score (nSPS) is 11.2. The quantitative estimate of drug-likeness (QED) is 0.423. The van der Waals surface area contributed by atoms with Crippen molar-refractivity contribution in [2.45, 2.75) is 6.18 Å². The van der Waals surface area contributed by atoms with Gasteiger partial charge in [0.2, 0.25) is 0 Å². The second-order valence-electron chi connectivity index (χ2n) is 4.61. The van der Waals surface area contributed by atoms with Crippen molar-refractivity contribution in [2.24, 2.45) is 0 Å². The van der Waals surface area contributed by atoms with E-state index in [1.807, 2.05) is 0 Å². The average molecular weight is 351 g/mol. The van der Waals surface area contributed by atoms with E-state index in [1.54, 1.807) is 0 Å². The van der Waals surface area contributed by atoms with Crippen LogP contribution in [0.15, 0.2) is 24.3 Å². The Morgan fingerprint density at radius 1 is 1.29 bits per heavy atom. The highest BCUT2D eigenvalue weighted by Crippen LogP contribution is 2.16. The summed E-state index contributed by atoms with van der Waals surface area (Å²) in [5, 5.41) is 21.9. The number of urea groups is 1. The first-order valence-corrected chi connectivity index (χ1v) is 6.78. The smallest absolute Gasteiger partial charge is 0.395 e. The Balaban J connectivity index is 2.54. The largest absolute Gasteiger partial charge is 0.411 e. The Kier molecular flexibility index (Phi) is 7.39. The van der Waals surface area contributed by atoms with Gasteiger partial charge in [-0.3, -0.25) is 10.1 Å². The lowest BCUT2D eigenvalue weighted by molar-refractivity contribution is -0.384. The van der Waals surface area contributed by atoms with Crippen LogP contribution in [-0.2, 0) is 4.74 Å². The van der Waals surface area contributed by atoms with Gasteiger partial charge in [-0.05, 0) is 12.1 Å². The molecule has 0 aromatic heterocycles. The maximum Gasteiger partial charge on any atom is 0.411 e. The van der Waals surface area contributed by atoms with Crippen molar-refractivity contribution in [1.82, 2.24) is 4.90 Å². The molecule has 2 amide bonds. The van der Waals surface area contributed by atoms with Crippen LogP contribution >= 0.6 is 0 Å². The van der Waals surface area contributed by atoms with E-state index in [0.717, 1.165) is 4.90 Å². The lowest BCUT2D eigenvalue weighted by atomic mass is 10.3. The fraction of sp³-hybridized carbons (Fsp3) is 0.462. The summed E-state index contributed by atoms with van der Waals surface area (Å²) in [5.74, 6) is 0. The molecule has 0 bridgehead atoms. The van der Waals surface area contributed by atoms with E-state index in [4.69, 9.17) is 5.11 Å². The third-order valence-corrected chi connectivity index (χ3v) is 2.76. The van der Waals surface area contributed by atoms with Crippen LogP contribution in [-0.4, -0.2) is 60.0 Å². The summed E-state index contributed by atoms with van der Waals surface area (Å²) in [4.78, 5) is 23.0. The number of nitro benzene ring substituents is 1. The molecule has 8 nitrogen and oxygen atoms in total. The fourth-order valence-electron chi connectivity index (χ4n) is 1.67. The molecule has 0 saturated heterocycles. The van der Waals surface area contributed by atoms with Gasteiger partial charge in [-0.15, -0.1) is 0 Å². The SMILES string of the molecule is O=C(Nc1ccc([N+](=O)[O-])cc1)N(CCO)CCOCC(F)(F)F. The average Bonchev–Trinajstić information content (AvgIpc) is 2.49. The summed E-state index contributed by atoms with van der Waals surface area (Å²) in [5.41, 5.74) is 0.116. The summed E-state index contributed by atoms with van der Waals surface area (Å²) in [6, 6.07) is 4.34. The van der Waals surface area contributed by atoms with Crippen LogP contribution in [0.5, 0.6) is 0 Å². The van der Waals surface area contributed by atoms with Crippen LogP contribution in [0, 0.1) is 10.1 Å². The van der Waals surface area contributed by atoms with Crippen molar-refractivity contribution >= 4 is 17.4 Å². The third-order valence-electron chi connectivity index (χ3n) is 2.76. The van der Waals surface area contributed by atoms with E-state index in [0.29, 0.717) is 0 Å². The molecule has 0 radical (unpaired) electrons. The number of benzene rings is 1. The first-order chi connectivity index (χ1) is 11.2. The van der Waals surface area contributed by atoms with E-state index in [-0.39, 0.29) is 37.7 Å². The number of aliphatic hydroxyl groups is 1. The molecule has 0 aliphatic heterocycles. The molecule has 0 heterocycles. The van der Waals surface area contributed by atoms with Crippen LogP contribution in [0.1, 0.15) is 0 Å². The maximum atomic E-state index is 12.0. The summed E-state index contributed by atoms with van der Waals surface area (Å²) < 4.78 is 40.3. The van der Waals surface area contributed by atoms with Crippen molar-refractivity contribution in [3.63, 3.8) is 0 Å². The molecule has 0 saturated carbocycles. The molecular weight excluding hydrogens is 335 g/mol. The van der Waals surface area contributed by atoms with E-state index < -0.39 is 23.7 Å². The summed E-state index contributed by atoms with van der Waals surface area (Å²) in [7, 11) is 0. The Hall–Kier alpha value is -2.40. The predicted molar refractivity (Wildman–Crippen MR) is 77.6 cm³/mol. The minimum atomic E-state index is -4.46. The molecule has 1 rings (SSSR count). The molecule has 0 aliphatic rings. The maximum absolute atomic E-state index is 12.0. The molecule has 0 aliphatic carbocycles. The number of carbonyl (C=O) groups excluding carboxylic acids is 1. The van der Waals surface area contributed by atoms with Crippen LogP contribution < -0.4 is 5.32 Å². The van der Waals surface area contributed by atoms with Gasteiger partial charge < -0.3 is 20.1 Å². The van der Waals surface area contributed by atoms with Gasteiger partial charge >= 0.3 is 12.2 Å². The van der Waals surface area contributed by atoms with Crippen molar-refractivity contribution < 1.29 is 32.7 Å². The minimum Gasteiger partial charge on any atom is -0.395 e. The number of hydrogen-bond acceptors (Lipinski definition) is 5. The first-order valence-electron chi connectivity index (χ1n) is 6.78. The predicted octanol–water partition coefficient (Wildman–Crippen LogP) is 2.00. The topological polar surface area (TPSA) is 105 Å². The second kappa shape index (κ2) is 9.03. The zero-order chi connectivity index (χ0) is 18.2. The number of alkyl halides is 3. The number of carbonyl (C=O) groups is 1. The first kappa shape index (κ1) is 19.6. The molecule has 0 unspecified atom stereocenters. The highest BCUT2D eigenvalue weighted by molar-refractivity contribution is 5.89. The molecule has 24 heavy (non-hydrogen) atoms. The van der Waals surface area contributed by atoms with Crippen LogP contribution in [0.4, 0.5) is 29.3 Å². The van der Waals surface area contributed by atoms with Gasteiger partial charge in [0.1, 0.15) is 6.61 Å². The van der Waals surface area contributed by atoms with Gasteiger partial charge in [0, 0.05) is 30.9 Å². The van der Waals surface area contributed by atoms with E-state index >= 15 is 0 Å². The number of aliphatic hydroxyl groups excluding tert-OH is 1. The second-order valence-corrected chi connectivity index (χ2v) is 4.61. The van der Waals surface area contributed by atoms with E-state index in [9.17, 15) is 28.1 Å². The standard InChI is InChI=1S/C13H16F3N3O5/c14-13(15,16)9-24-8-6-18(5-7-20)12(21)17-10-1-3-11(4-2-10)19(22)23/h1-4,20H,5-9H2,(H,17,21). The minimum absolute atomic E-state index is 0.103. The van der Waals surface area contributed by atoms with Gasteiger partial charge in [-0.1, -0.05) is 0 Å². The summed E-state index contributed by atoms with van der Waals surface area (Å²) in [6.45, 7) is -2.42. The number of nitrogens with zero attached hydrogens (tertiary/aromatic N) is 2. The number of nitro groups is 1. The molecule has 2 N–H and O–H groups in total. The Labute approximate surface area is 135 Å². The number of nitrogens with one attached hydrogen (secondary N) is 1.